The zero-order valence-corrected chi connectivity index (χ0v) is 37.6. The number of nitrogens with one attached hydrogen (secondary N) is 1. The first kappa shape index (κ1) is 55.5. The first-order chi connectivity index (χ1) is 27.6. The minimum atomic E-state index is -4.75. The summed E-state index contributed by atoms with van der Waals surface area (Å²) in [6.45, 7) is 2.61. The predicted molar refractivity (Wildman–Crippen MR) is 231 cm³/mol. The molecule has 0 heterocycles. The fourth-order valence-corrected chi connectivity index (χ4v) is 7.74. The van der Waals surface area contributed by atoms with E-state index in [4.69, 9.17) is 13.8 Å². The van der Waals surface area contributed by atoms with Gasteiger partial charge in [-0.25, -0.2) is 9.36 Å². The first-order valence-corrected chi connectivity index (χ1v) is 25.1. The summed E-state index contributed by atoms with van der Waals surface area (Å²) in [6, 6.07) is -1.54. The lowest BCUT2D eigenvalue weighted by atomic mass is 10.0. The van der Waals surface area contributed by atoms with Crippen LogP contribution >= 0.6 is 7.82 Å². The van der Waals surface area contributed by atoms with Crippen molar-refractivity contribution in [1.29, 1.82) is 0 Å². The molecule has 57 heavy (non-hydrogen) atoms. The van der Waals surface area contributed by atoms with E-state index in [1.807, 2.05) is 0 Å². The molecular formula is C45H88NO10P. The summed E-state index contributed by atoms with van der Waals surface area (Å²) in [6.07, 6.45) is 40.0. The minimum Gasteiger partial charge on any atom is -0.480 e. The molecule has 0 radical (unpaired) electrons. The summed E-state index contributed by atoms with van der Waals surface area (Å²) in [5.74, 6) is -2.35. The van der Waals surface area contributed by atoms with Crippen LogP contribution in [0.4, 0.5) is 0 Å². The Morgan fingerprint density at radius 3 is 1.16 bits per heavy atom. The van der Waals surface area contributed by atoms with Gasteiger partial charge in [-0.2, -0.15) is 0 Å². The van der Waals surface area contributed by atoms with Crippen LogP contribution in [0.3, 0.4) is 0 Å². The van der Waals surface area contributed by atoms with Gasteiger partial charge in [-0.15, -0.1) is 0 Å². The van der Waals surface area contributed by atoms with Gasteiger partial charge in [0.15, 0.2) is 6.04 Å². The zero-order valence-electron chi connectivity index (χ0n) is 36.7. The smallest absolute Gasteiger partial charge is 0.472 e. The van der Waals surface area contributed by atoms with Gasteiger partial charge in [0.2, 0.25) is 5.91 Å². The number of rotatable bonds is 45. The molecule has 0 aromatic heterocycles. The Kier molecular flexibility index (Phi) is 40.1. The second-order valence-electron chi connectivity index (χ2n) is 16.3. The molecular weight excluding hydrogens is 745 g/mol. The van der Waals surface area contributed by atoms with Crippen molar-refractivity contribution in [3.63, 3.8) is 0 Å². The summed E-state index contributed by atoms with van der Waals surface area (Å²) < 4.78 is 26.8. The number of aliphatic carboxylic acids is 1. The molecule has 0 bridgehead atoms. The van der Waals surface area contributed by atoms with Crippen LogP contribution in [-0.2, 0) is 32.7 Å². The standard InChI is InChI=1S/C45H88NO10P/c1-3-5-7-9-11-13-15-16-17-18-19-20-21-22-23-24-25-26-27-28-30-32-34-36-43(48)46-42(45(50)51)40-56-57(52,53)55-39-41(47)38-54-44(49)37-35-33-31-29-14-12-10-8-6-4-2/h41-42,47H,3-40H2,1-2H3,(H,46,48)(H,50,51)(H,52,53). The van der Waals surface area contributed by atoms with Crippen molar-refractivity contribution >= 4 is 25.7 Å². The fraction of sp³-hybridized carbons (Fsp3) is 0.933. The first-order valence-electron chi connectivity index (χ1n) is 23.6. The summed E-state index contributed by atoms with van der Waals surface area (Å²) in [4.78, 5) is 45.9. The highest BCUT2D eigenvalue weighted by molar-refractivity contribution is 7.47. The molecule has 11 nitrogen and oxygen atoms in total. The number of phosphoric acid groups is 1. The number of carboxylic acid groups (broad SMARTS) is 1. The number of hydrogen-bond donors (Lipinski definition) is 4. The highest BCUT2D eigenvalue weighted by atomic mass is 31.2. The average Bonchev–Trinajstić information content (AvgIpc) is 3.18. The van der Waals surface area contributed by atoms with Crippen molar-refractivity contribution in [2.24, 2.45) is 0 Å². The third-order valence-corrected chi connectivity index (χ3v) is 11.6. The van der Waals surface area contributed by atoms with Gasteiger partial charge in [0.25, 0.3) is 0 Å². The van der Waals surface area contributed by atoms with Gasteiger partial charge < -0.3 is 25.2 Å². The van der Waals surface area contributed by atoms with E-state index in [9.17, 15) is 34.1 Å². The Balaban J connectivity index is 3.78. The Morgan fingerprint density at radius 1 is 0.491 bits per heavy atom. The number of hydrogen-bond acceptors (Lipinski definition) is 8. The van der Waals surface area contributed by atoms with Gasteiger partial charge >= 0.3 is 19.8 Å². The number of phosphoric ester groups is 1. The van der Waals surface area contributed by atoms with Gasteiger partial charge in [0.05, 0.1) is 13.2 Å². The van der Waals surface area contributed by atoms with Crippen LogP contribution < -0.4 is 5.32 Å². The number of unbranched alkanes of at least 4 members (excludes halogenated alkanes) is 31. The van der Waals surface area contributed by atoms with E-state index in [2.05, 4.69) is 19.2 Å². The minimum absolute atomic E-state index is 0.153. The number of aliphatic hydroxyl groups is 1. The van der Waals surface area contributed by atoms with E-state index in [-0.39, 0.29) is 12.8 Å². The molecule has 1 amide bonds. The Bertz CT molecular complexity index is 984. The van der Waals surface area contributed by atoms with E-state index in [0.717, 1.165) is 38.5 Å². The molecule has 12 heteroatoms. The molecule has 0 aromatic rings. The summed E-state index contributed by atoms with van der Waals surface area (Å²) in [5.41, 5.74) is 0. The van der Waals surface area contributed by atoms with Gasteiger partial charge in [-0.1, -0.05) is 213 Å². The maximum Gasteiger partial charge on any atom is 0.472 e. The lowest BCUT2D eigenvalue weighted by molar-refractivity contribution is -0.147. The zero-order chi connectivity index (χ0) is 42.1. The fourth-order valence-electron chi connectivity index (χ4n) is 6.96. The van der Waals surface area contributed by atoms with Crippen LogP contribution in [0.2, 0.25) is 0 Å². The Hall–Kier alpha value is -1.52. The topological polar surface area (TPSA) is 169 Å². The van der Waals surface area contributed by atoms with E-state index >= 15 is 0 Å². The lowest BCUT2D eigenvalue weighted by Crippen LogP contribution is -2.43. The van der Waals surface area contributed by atoms with Crippen LogP contribution in [-0.4, -0.2) is 64.9 Å². The third-order valence-electron chi connectivity index (χ3n) is 10.6. The molecule has 338 valence electrons. The average molecular weight is 834 g/mol. The van der Waals surface area contributed by atoms with E-state index < -0.39 is 57.6 Å². The molecule has 0 spiro atoms. The van der Waals surface area contributed by atoms with Crippen LogP contribution in [0.25, 0.3) is 0 Å². The van der Waals surface area contributed by atoms with E-state index in [1.54, 1.807) is 0 Å². The number of carboxylic acids is 1. The number of carbonyl (C=O) groups is 3. The molecule has 0 aliphatic carbocycles. The summed E-state index contributed by atoms with van der Waals surface area (Å²) in [5, 5.41) is 21.8. The van der Waals surface area contributed by atoms with Gasteiger partial charge in [0.1, 0.15) is 12.7 Å². The molecule has 3 atom stereocenters. The van der Waals surface area contributed by atoms with Crippen LogP contribution in [0.1, 0.15) is 239 Å². The largest absolute Gasteiger partial charge is 0.480 e. The number of amides is 1. The van der Waals surface area contributed by atoms with Gasteiger partial charge in [0, 0.05) is 12.8 Å². The molecule has 0 rings (SSSR count). The van der Waals surface area contributed by atoms with Crippen molar-refractivity contribution < 1.29 is 47.8 Å². The monoisotopic (exact) mass is 834 g/mol. The van der Waals surface area contributed by atoms with Crippen LogP contribution in [0.15, 0.2) is 0 Å². The van der Waals surface area contributed by atoms with E-state index in [1.165, 1.54) is 161 Å². The van der Waals surface area contributed by atoms with Gasteiger partial charge in [-0.3, -0.25) is 18.6 Å². The maximum absolute atomic E-state index is 12.3. The van der Waals surface area contributed by atoms with Gasteiger partial charge in [-0.05, 0) is 12.8 Å². The van der Waals surface area contributed by atoms with Crippen molar-refractivity contribution in [2.45, 2.75) is 251 Å². The molecule has 0 saturated carbocycles. The Morgan fingerprint density at radius 2 is 0.807 bits per heavy atom. The van der Waals surface area contributed by atoms with Crippen molar-refractivity contribution in [2.75, 3.05) is 19.8 Å². The maximum atomic E-state index is 12.3. The Labute approximate surface area is 348 Å². The van der Waals surface area contributed by atoms with Crippen molar-refractivity contribution in [3.8, 4) is 0 Å². The third kappa shape index (κ3) is 41.0. The number of carbonyl (C=O) groups excluding carboxylic acids is 2. The molecule has 0 aliphatic heterocycles. The molecule has 0 fully saturated rings. The molecule has 0 saturated heterocycles. The van der Waals surface area contributed by atoms with Crippen molar-refractivity contribution in [3.05, 3.63) is 0 Å². The molecule has 4 N–H and O–H groups in total. The molecule has 0 aliphatic rings. The highest BCUT2D eigenvalue weighted by Gasteiger charge is 2.28. The highest BCUT2D eigenvalue weighted by Crippen LogP contribution is 2.43. The molecule has 3 unspecified atom stereocenters. The normalized spacial score (nSPS) is 13.6. The lowest BCUT2D eigenvalue weighted by Gasteiger charge is -2.18. The second-order valence-corrected chi connectivity index (χ2v) is 17.8. The second kappa shape index (κ2) is 41.2. The number of esters is 1. The summed E-state index contributed by atoms with van der Waals surface area (Å²) >= 11 is 0. The van der Waals surface area contributed by atoms with Crippen molar-refractivity contribution in [1.82, 2.24) is 5.32 Å². The van der Waals surface area contributed by atoms with E-state index in [0.29, 0.717) is 12.8 Å². The van der Waals surface area contributed by atoms with Crippen LogP contribution in [0.5, 0.6) is 0 Å². The predicted octanol–water partition coefficient (Wildman–Crippen LogP) is 12.3. The number of aliphatic hydroxyl groups excluding tert-OH is 1. The number of ether oxygens (including phenoxy) is 1. The quantitative estimate of drug-likeness (QED) is 0.0263. The SMILES string of the molecule is CCCCCCCCCCCCCCCCCCCCCCCCCC(=O)NC(COP(=O)(O)OCC(O)COC(=O)CCCCCCCCCCCC)C(=O)O. The van der Waals surface area contributed by atoms with Crippen LogP contribution in [0, 0.1) is 0 Å². The summed E-state index contributed by atoms with van der Waals surface area (Å²) in [7, 11) is -4.75. The molecule has 0 aromatic carbocycles.